The number of hydrogen-bond acceptors (Lipinski definition) is 4. The third kappa shape index (κ3) is 3.30. The third-order valence-corrected chi connectivity index (χ3v) is 2.82. The van der Waals surface area contributed by atoms with Gasteiger partial charge >= 0.3 is 5.97 Å². The number of carbonyl (C=O) groups excluding carboxylic acids is 1. The Morgan fingerprint density at radius 2 is 1.81 bits per heavy atom. The van der Waals surface area contributed by atoms with Crippen LogP contribution in [0.25, 0.3) is 0 Å². The zero-order valence-corrected chi connectivity index (χ0v) is 11.1. The van der Waals surface area contributed by atoms with E-state index in [1.165, 1.54) is 13.2 Å². The second-order valence-corrected chi connectivity index (χ2v) is 4.20. The summed E-state index contributed by atoms with van der Waals surface area (Å²) in [4.78, 5) is 22.7. The van der Waals surface area contributed by atoms with Gasteiger partial charge in [0.25, 0.3) is 5.91 Å². The summed E-state index contributed by atoms with van der Waals surface area (Å²) < 4.78 is 4.99. The van der Waals surface area contributed by atoms with Gasteiger partial charge in [0.2, 0.25) is 0 Å². The molecule has 0 spiro atoms. The van der Waals surface area contributed by atoms with Crippen molar-refractivity contribution in [1.29, 1.82) is 0 Å². The summed E-state index contributed by atoms with van der Waals surface area (Å²) in [7, 11) is 1.52. The molecule has 0 saturated heterocycles. The van der Waals surface area contributed by atoms with Crippen LogP contribution in [0, 0.1) is 0 Å². The fourth-order valence-electron chi connectivity index (χ4n) is 1.72. The van der Waals surface area contributed by atoms with E-state index in [2.05, 4.69) is 5.32 Å². The van der Waals surface area contributed by atoms with E-state index in [-0.39, 0.29) is 11.3 Å². The molecule has 0 unspecified atom stereocenters. The first-order chi connectivity index (χ1) is 10.0. The molecule has 6 heteroatoms. The molecule has 21 heavy (non-hydrogen) atoms. The quantitative estimate of drug-likeness (QED) is 0.891. The number of methoxy groups -OCH3 is 1. The van der Waals surface area contributed by atoms with E-state index in [0.29, 0.717) is 11.3 Å². The SMILES string of the molecule is COc1ccc(C(=O)Nc2ccc(C(=O)O)c([O-])c2)cc1. The van der Waals surface area contributed by atoms with Crippen LogP contribution >= 0.6 is 0 Å². The molecule has 2 aromatic rings. The summed E-state index contributed by atoms with van der Waals surface area (Å²) in [5.74, 6) is -1.73. The van der Waals surface area contributed by atoms with Crippen LogP contribution in [0.2, 0.25) is 0 Å². The van der Waals surface area contributed by atoms with Crippen molar-refractivity contribution >= 4 is 17.6 Å². The van der Waals surface area contributed by atoms with Gasteiger partial charge in [-0.2, -0.15) is 0 Å². The largest absolute Gasteiger partial charge is 0.872 e. The van der Waals surface area contributed by atoms with E-state index in [1.807, 2.05) is 0 Å². The van der Waals surface area contributed by atoms with Crippen molar-refractivity contribution in [2.24, 2.45) is 0 Å². The minimum Gasteiger partial charge on any atom is -0.872 e. The summed E-state index contributed by atoms with van der Waals surface area (Å²) in [6.07, 6.45) is 0. The first-order valence-electron chi connectivity index (χ1n) is 6.01. The van der Waals surface area contributed by atoms with E-state index in [9.17, 15) is 14.7 Å². The van der Waals surface area contributed by atoms with Gasteiger partial charge in [0, 0.05) is 11.3 Å². The molecular weight excluding hydrogens is 274 g/mol. The average molecular weight is 286 g/mol. The zero-order valence-electron chi connectivity index (χ0n) is 11.1. The van der Waals surface area contributed by atoms with Gasteiger partial charge in [0.05, 0.1) is 12.7 Å². The molecule has 0 saturated carbocycles. The van der Waals surface area contributed by atoms with Gasteiger partial charge in [0.1, 0.15) is 5.75 Å². The Morgan fingerprint density at radius 1 is 1.14 bits per heavy atom. The molecule has 0 fully saturated rings. The van der Waals surface area contributed by atoms with Crippen LogP contribution in [0.1, 0.15) is 20.7 Å². The van der Waals surface area contributed by atoms with E-state index < -0.39 is 17.6 Å². The summed E-state index contributed by atoms with van der Waals surface area (Å²) in [5, 5.41) is 22.8. The molecule has 0 bridgehead atoms. The second-order valence-electron chi connectivity index (χ2n) is 4.20. The van der Waals surface area contributed by atoms with Crippen LogP contribution in [0.4, 0.5) is 5.69 Å². The van der Waals surface area contributed by atoms with Gasteiger partial charge in [-0.3, -0.25) is 4.79 Å². The smallest absolute Gasteiger partial charge is 0.335 e. The number of aromatic carboxylic acids is 1. The van der Waals surface area contributed by atoms with Crippen molar-refractivity contribution in [3.63, 3.8) is 0 Å². The maximum Gasteiger partial charge on any atom is 0.335 e. The molecule has 0 aromatic heterocycles. The van der Waals surface area contributed by atoms with Gasteiger partial charge in [-0.1, -0.05) is 5.75 Å². The molecule has 0 heterocycles. The molecule has 1 amide bonds. The van der Waals surface area contributed by atoms with E-state index >= 15 is 0 Å². The highest BCUT2D eigenvalue weighted by Gasteiger charge is 2.08. The number of nitrogens with one attached hydrogen (secondary N) is 1. The second kappa shape index (κ2) is 5.96. The lowest BCUT2D eigenvalue weighted by molar-refractivity contribution is -0.268. The maximum atomic E-state index is 12.0. The lowest BCUT2D eigenvalue weighted by atomic mass is 10.1. The number of carbonyl (C=O) groups is 2. The first kappa shape index (κ1) is 14.4. The number of carboxylic acid groups (broad SMARTS) is 1. The van der Waals surface area contributed by atoms with Crippen LogP contribution < -0.4 is 15.2 Å². The molecule has 0 aliphatic rings. The fourth-order valence-corrected chi connectivity index (χ4v) is 1.72. The van der Waals surface area contributed by atoms with Crippen LogP contribution in [0.3, 0.4) is 0 Å². The van der Waals surface area contributed by atoms with Gasteiger partial charge in [-0.05, 0) is 42.5 Å². The molecule has 2 rings (SSSR count). The van der Waals surface area contributed by atoms with Crippen molar-refractivity contribution < 1.29 is 24.5 Å². The Labute approximate surface area is 120 Å². The Morgan fingerprint density at radius 3 is 2.33 bits per heavy atom. The summed E-state index contributed by atoms with van der Waals surface area (Å²) in [6.45, 7) is 0. The lowest BCUT2D eigenvalue weighted by Crippen LogP contribution is -2.12. The topological polar surface area (TPSA) is 98.7 Å². The number of amides is 1. The van der Waals surface area contributed by atoms with E-state index in [1.54, 1.807) is 24.3 Å². The zero-order chi connectivity index (χ0) is 15.4. The average Bonchev–Trinajstić information content (AvgIpc) is 2.47. The summed E-state index contributed by atoms with van der Waals surface area (Å²) in [6, 6.07) is 10.0. The highest BCUT2D eigenvalue weighted by atomic mass is 16.5. The molecule has 0 radical (unpaired) electrons. The number of ether oxygens (including phenoxy) is 1. The molecular formula is C15H12NO5-. The van der Waals surface area contributed by atoms with Gasteiger partial charge in [-0.15, -0.1) is 0 Å². The van der Waals surface area contributed by atoms with Crippen LogP contribution in [-0.2, 0) is 0 Å². The number of rotatable bonds is 4. The Bertz CT molecular complexity index is 679. The van der Waals surface area contributed by atoms with Crippen molar-refractivity contribution in [2.75, 3.05) is 12.4 Å². The number of hydrogen-bond donors (Lipinski definition) is 2. The first-order valence-corrected chi connectivity index (χ1v) is 6.01. The van der Waals surface area contributed by atoms with Gasteiger partial charge < -0.3 is 20.3 Å². The van der Waals surface area contributed by atoms with Crippen LogP contribution in [0.5, 0.6) is 11.5 Å². The summed E-state index contributed by atoms with van der Waals surface area (Å²) in [5.41, 5.74) is 0.300. The van der Waals surface area contributed by atoms with Gasteiger partial charge in [-0.25, -0.2) is 4.79 Å². The van der Waals surface area contributed by atoms with Crippen molar-refractivity contribution in [3.8, 4) is 11.5 Å². The highest BCUT2D eigenvalue weighted by molar-refractivity contribution is 6.04. The Kier molecular flexibility index (Phi) is 4.08. The molecule has 108 valence electrons. The van der Waals surface area contributed by atoms with Crippen molar-refractivity contribution in [3.05, 3.63) is 53.6 Å². The predicted octanol–water partition coefficient (Wildman–Crippen LogP) is 1.72. The number of carboxylic acids is 1. The maximum absolute atomic E-state index is 12.0. The normalized spacial score (nSPS) is 9.95. The van der Waals surface area contributed by atoms with E-state index in [0.717, 1.165) is 12.1 Å². The number of benzene rings is 2. The minimum atomic E-state index is -1.30. The Hall–Kier alpha value is -3.02. The standard InChI is InChI=1S/C15H13NO5/c1-21-11-5-2-9(3-6-11)14(18)16-10-4-7-12(15(19)20)13(17)8-10/h2-8,17H,1H3,(H,16,18)(H,19,20)/p-1. The molecule has 0 atom stereocenters. The third-order valence-electron chi connectivity index (χ3n) is 2.82. The fraction of sp³-hybridized carbons (Fsp3) is 0.0667. The van der Waals surface area contributed by atoms with Crippen LogP contribution in [-0.4, -0.2) is 24.1 Å². The van der Waals surface area contributed by atoms with E-state index in [4.69, 9.17) is 9.84 Å². The van der Waals surface area contributed by atoms with Gasteiger partial charge in [0.15, 0.2) is 0 Å². The molecule has 6 nitrogen and oxygen atoms in total. The predicted molar refractivity (Wildman–Crippen MR) is 73.8 cm³/mol. The number of anilines is 1. The van der Waals surface area contributed by atoms with Crippen LogP contribution in [0.15, 0.2) is 42.5 Å². The van der Waals surface area contributed by atoms with Crippen molar-refractivity contribution in [1.82, 2.24) is 0 Å². The lowest BCUT2D eigenvalue weighted by Gasteiger charge is -2.13. The molecule has 2 aromatic carbocycles. The summed E-state index contributed by atoms with van der Waals surface area (Å²) >= 11 is 0. The molecule has 0 aliphatic carbocycles. The van der Waals surface area contributed by atoms with Crippen molar-refractivity contribution in [2.45, 2.75) is 0 Å². The monoisotopic (exact) mass is 286 g/mol. The minimum absolute atomic E-state index is 0.241. The Balaban J connectivity index is 2.15. The highest BCUT2D eigenvalue weighted by Crippen LogP contribution is 2.20. The molecule has 2 N–H and O–H groups in total. The molecule has 0 aliphatic heterocycles.